The summed E-state index contributed by atoms with van der Waals surface area (Å²) in [6.45, 7) is -0.322. The first kappa shape index (κ1) is 14.9. The van der Waals surface area contributed by atoms with Crippen LogP contribution in [0.4, 0.5) is 0 Å². The maximum absolute atomic E-state index is 9.85. The lowest BCUT2D eigenvalue weighted by molar-refractivity contribution is 0.218. The highest BCUT2D eigenvalue weighted by molar-refractivity contribution is 5.45. The summed E-state index contributed by atoms with van der Waals surface area (Å²) >= 11 is 0. The van der Waals surface area contributed by atoms with Crippen LogP contribution in [0.3, 0.4) is 0 Å². The van der Waals surface area contributed by atoms with Crippen molar-refractivity contribution in [1.82, 2.24) is 0 Å². The maximum atomic E-state index is 9.85. The van der Waals surface area contributed by atoms with Gasteiger partial charge in [-0.2, -0.15) is 0 Å². The monoisotopic (exact) mass is 276 g/mol. The van der Waals surface area contributed by atoms with Crippen LogP contribution < -0.4 is 0 Å². The number of aliphatic hydroxyl groups excluding tert-OH is 4. The molecule has 2 rings (SSSR count). The second kappa shape index (κ2) is 6.33. The predicted molar refractivity (Wildman–Crippen MR) is 76.0 cm³/mol. The summed E-state index contributed by atoms with van der Waals surface area (Å²) in [5.41, 5.74) is 2.51. The topological polar surface area (TPSA) is 80.9 Å². The van der Waals surface area contributed by atoms with Gasteiger partial charge in [0, 0.05) is 5.41 Å². The van der Waals surface area contributed by atoms with Gasteiger partial charge in [-0.25, -0.2) is 0 Å². The second-order valence-corrected chi connectivity index (χ2v) is 5.10. The Labute approximate surface area is 118 Å². The fraction of sp³-hybridized carbons (Fsp3) is 0.375. The summed E-state index contributed by atoms with van der Waals surface area (Å²) in [4.78, 5) is 0. The third-order valence-corrected chi connectivity index (χ3v) is 3.87. The lowest BCUT2D eigenvalue weighted by atomic mass is 9.73. The average Bonchev–Trinajstić information content (AvgIpc) is 2.54. The second-order valence-electron chi connectivity index (χ2n) is 5.10. The molecule has 0 saturated heterocycles. The molecule has 108 valence electrons. The highest BCUT2D eigenvalue weighted by Gasteiger charge is 2.32. The molecule has 0 saturated carbocycles. The van der Waals surface area contributed by atoms with E-state index in [-0.39, 0.29) is 26.4 Å². The molecule has 20 heavy (non-hydrogen) atoms. The Kier molecular flexibility index (Phi) is 4.73. The van der Waals surface area contributed by atoms with Crippen LogP contribution in [0.15, 0.2) is 42.0 Å². The van der Waals surface area contributed by atoms with Crippen molar-refractivity contribution < 1.29 is 20.4 Å². The van der Waals surface area contributed by atoms with Crippen LogP contribution in [0.1, 0.15) is 23.1 Å². The molecule has 1 unspecified atom stereocenters. The Balaban J connectivity index is 2.47. The Morgan fingerprint density at radius 3 is 2.30 bits per heavy atom. The number of rotatable bonds is 5. The smallest absolute Gasteiger partial charge is 0.0684 e. The average molecular weight is 276 g/mol. The van der Waals surface area contributed by atoms with E-state index in [0.29, 0.717) is 6.42 Å². The molecule has 0 aromatic heterocycles. The van der Waals surface area contributed by atoms with Crippen molar-refractivity contribution in [3.05, 3.63) is 58.7 Å². The molecule has 4 nitrogen and oxygen atoms in total. The highest BCUT2D eigenvalue weighted by atomic mass is 16.3. The van der Waals surface area contributed by atoms with E-state index in [1.165, 1.54) is 0 Å². The molecule has 0 fully saturated rings. The molecular weight excluding hydrogens is 256 g/mol. The fourth-order valence-electron chi connectivity index (χ4n) is 2.56. The number of allylic oxidation sites excluding steroid dienone is 1. The standard InChI is InChI=1S/C16H20O4/c17-8-12-3-5-16(11-20,6-4-12)15-7-13(9-18)1-2-14(15)10-19/h1-5,7,17-20H,6,8-11H2. The van der Waals surface area contributed by atoms with Gasteiger partial charge >= 0.3 is 0 Å². The van der Waals surface area contributed by atoms with Crippen LogP contribution in [0.2, 0.25) is 0 Å². The molecular formula is C16H20O4. The molecule has 1 aromatic carbocycles. The maximum Gasteiger partial charge on any atom is 0.0684 e. The van der Waals surface area contributed by atoms with Crippen LogP contribution in [0.25, 0.3) is 0 Å². The zero-order valence-electron chi connectivity index (χ0n) is 11.3. The highest BCUT2D eigenvalue weighted by Crippen LogP contribution is 2.36. The largest absolute Gasteiger partial charge is 0.395 e. The summed E-state index contributed by atoms with van der Waals surface area (Å²) in [6, 6.07) is 5.36. The van der Waals surface area contributed by atoms with Crippen molar-refractivity contribution in [3.63, 3.8) is 0 Å². The molecule has 0 aliphatic heterocycles. The Morgan fingerprint density at radius 1 is 1.00 bits per heavy atom. The minimum atomic E-state index is -0.609. The Bertz CT molecular complexity index is 533. The fourth-order valence-corrected chi connectivity index (χ4v) is 2.56. The van der Waals surface area contributed by atoms with E-state index in [4.69, 9.17) is 5.11 Å². The van der Waals surface area contributed by atoms with Gasteiger partial charge in [0.2, 0.25) is 0 Å². The predicted octanol–water partition coefficient (Wildman–Crippen LogP) is 0.780. The minimum absolute atomic E-state index is 0.0262. The lowest BCUT2D eigenvalue weighted by Gasteiger charge is -2.33. The molecule has 0 bridgehead atoms. The first-order valence-electron chi connectivity index (χ1n) is 6.63. The van der Waals surface area contributed by atoms with Gasteiger partial charge in [0.1, 0.15) is 0 Å². The number of aliphatic hydroxyl groups is 4. The zero-order valence-corrected chi connectivity index (χ0v) is 11.3. The third kappa shape index (κ3) is 2.69. The van der Waals surface area contributed by atoms with Gasteiger partial charge in [-0.05, 0) is 28.7 Å². The number of hydrogen-bond donors (Lipinski definition) is 4. The SMILES string of the molecule is OCC1=CCC(CO)(c2cc(CO)ccc2CO)C=C1. The van der Waals surface area contributed by atoms with Crippen molar-refractivity contribution in [3.8, 4) is 0 Å². The Hall–Kier alpha value is -1.46. The summed E-state index contributed by atoms with van der Waals surface area (Å²) in [5, 5.41) is 37.8. The van der Waals surface area contributed by atoms with E-state index < -0.39 is 5.41 Å². The van der Waals surface area contributed by atoms with E-state index in [2.05, 4.69) is 0 Å². The summed E-state index contributed by atoms with van der Waals surface area (Å²) in [6.07, 6.45) is 6.11. The molecule has 0 radical (unpaired) electrons. The van der Waals surface area contributed by atoms with E-state index >= 15 is 0 Å². The van der Waals surface area contributed by atoms with Crippen molar-refractivity contribution in [2.24, 2.45) is 0 Å². The molecule has 0 heterocycles. The van der Waals surface area contributed by atoms with Gasteiger partial charge in [-0.15, -0.1) is 0 Å². The number of benzene rings is 1. The molecule has 4 N–H and O–H groups in total. The molecule has 0 spiro atoms. The zero-order chi connectivity index (χ0) is 14.6. The molecule has 4 heteroatoms. The molecule has 0 amide bonds. The summed E-state index contributed by atoms with van der Waals surface area (Å²) in [7, 11) is 0. The van der Waals surface area contributed by atoms with Gasteiger partial charge in [0.15, 0.2) is 0 Å². The van der Waals surface area contributed by atoms with Crippen LogP contribution in [-0.4, -0.2) is 33.6 Å². The summed E-state index contributed by atoms with van der Waals surface area (Å²) < 4.78 is 0. The van der Waals surface area contributed by atoms with Gasteiger partial charge < -0.3 is 20.4 Å². The molecule has 1 aromatic rings. The van der Waals surface area contributed by atoms with E-state index in [1.54, 1.807) is 18.2 Å². The van der Waals surface area contributed by atoms with Crippen molar-refractivity contribution in [1.29, 1.82) is 0 Å². The van der Waals surface area contributed by atoms with E-state index in [1.807, 2.05) is 18.2 Å². The van der Waals surface area contributed by atoms with Gasteiger partial charge in [-0.3, -0.25) is 0 Å². The van der Waals surface area contributed by atoms with Gasteiger partial charge in [0.05, 0.1) is 26.4 Å². The summed E-state index contributed by atoms with van der Waals surface area (Å²) in [5.74, 6) is 0. The quantitative estimate of drug-likeness (QED) is 0.640. The molecule has 1 aliphatic rings. The lowest BCUT2D eigenvalue weighted by Crippen LogP contribution is -2.31. The van der Waals surface area contributed by atoms with Crippen LogP contribution in [0.5, 0.6) is 0 Å². The van der Waals surface area contributed by atoms with Crippen LogP contribution in [-0.2, 0) is 18.6 Å². The van der Waals surface area contributed by atoms with Crippen molar-refractivity contribution >= 4 is 0 Å². The first-order valence-corrected chi connectivity index (χ1v) is 6.63. The number of hydrogen-bond acceptors (Lipinski definition) is 4. The van der Waals surface area contributed by atoms with E-state index in [9.17, 15) is 15.3 Å². The van der Waals surface area contributed by atoms with E-state index in [0.717, 1.165) is 22.3 Å². The third-order valence-electron chi connectivity index (χ3n) is 3.87. The van der Waals surface area contributed by atoms with Crippen molar-refractivity contribution in [2.45, 2.75) is 25.0 Å². The minimum Gasteiger partial charge on any atom is -0.395 e. The van der Waals surface area contributed by atoms with Gasteiger partial charge in [0.25, 0.3) is 0 Å². The van der Waals surface area contributed by atoms with Crippen LogP contribution >= 0.6 is 0 Å². The Morgan fingerprint density at radius 2 is 1.80 bits per heavy atom. The van der Waals surface area contributed by atoms with Gasteiger partial charge in [-0.1, -0.05) is 36.4 Å². The van der Waals surface area contributed by atoms with Crippen LogP contribution in [0, 0.1) is 0 Å². The molecule has 1 atom stereocenters. The molecule has 1 aliphatic carbocycles. The normalized spacial score (nSPS) is 21.9. The van der Waals surface area contributed by atoms with Crippen molar-refractivity contribution in [2.75, 3.05) is 13.2 Å². The first-order chi connectivity index (χ1) is 9.69.